The quantitative estimate of drug-likeness (QED) is 0.749. The third-order valence-electron chi connectivity index (χ3n) is 3.14. The SMILES string of the molecule is CC(C)N(CC(N)=O)C(=O)CCC1CCCN1.Cl. The lowest BCUT2D eigenvalue weighted by molar-refractivity contribution is -0.137. The molecule has 1 fully saturated rings. The first-order valence-corrected chi connectivity index (χ1v) is 6.32. The van der Waals surface area contributed by atoms with Crippen LogP contribution < -0.4 is 11.1 Å². The lowest BCUT2D eigenvalue weighted by Gasteiger charge is -2.25. The van der Waals surface area contributed by atoms with Gasteiger partial charge in [-0.25, -0.2) is 0 Å². The molecule has 1 aliphatic heterocycles. The lowest BCUT2D eigenvalue weighted by Crippen LogP contribution is -2.43. The van der Waals surface area contributed by atoms with Gasteiger partial charge in [0, 0.05) is 18.5 Å². The molecule has 2 amide bonds. The second-order valence-corrected chi connectivity index (χ2v) is 4.91. The van der Waals surface area contributed by atoms with E-state index in [-0.39, 0.29) is 30.9 Å². The molecular weight excluding hydrogens is 254 g/mol. The summed E-state index contributed by atoms with van der Waals surface area (Å²) in [6, 6.07) is 0.480. The topological polar surface area (TPSA) is 75.4 Å². The first kappa shape index (κ1) is 17.2. The molecule has 6 heteroatoms. The molecule has 0 aromatic rings. The van der Waals surface area contributed by atoms with E-state index in [1.807, 2.05) is 13.8 Å². The number of nitrogens with zero attached hydrogens (tertiary/aromatic N) is 1. The van der Waals surface area contributed by atoms with E-state index in [9.17, 15) is 9.59 Å². The Morgan fingerprint density at radius 3 is 2.56 bits per heavy atom. The molecule has 0 bridgehead atoms. The molecular formula is C12H24ClN3O2. The van der Waals surface area contributed by atoms with Crippen molar-refractivity contribution in [2.24, 2.45) is 5.73 Å². The van der Waals surface area contributed by atoms with Crippen molar-refractivity contribution >= 4 is 24.2 Å². The summed E-state index contributed by atoms with van der Waals surface area (Å²) in [5.41, 5.74) is 5.14. The second-order valence-electron chi connectivity index (χ2n) is 4.91. The molecule has 18 heavy (non-hydrogen) atoms. The number of amides is 2. The number of hydrogen-bond acceptors (Lipinski definition) is 3. The molecule has 1 rings (SSSR count). The van der Waals surface area contributed by atoms with Crippen molar-refractivity contribution in [2.75, 3.05) is 13.1 Å². The summed E-state index contributed by atoms with van der Waals surface area (Å²) in [6.45, 7) is 4.87. The van der Waals surface area contributed by atoms with E-state index in [1.54, 1.807) is 4.90 Å². The highest BCUT2D eigenvalue weighted by molar-refractivity contribution is 5.85. The van der Waals surface area contributed by atoms with Crippen molar-refractivity contribution < 1.29 is 9.59 Å². The van der Waals surface area contributed by atoms with Gasteiger partial charge in [0.2, 0.25) is 11.8 Å². The highest BCUT2D eigenvalue weighted by Gasteiger charge is 2.21. The summed E-state index contributed by atoms with van der Waals surface area (Å²) in [5, 5.41) is 3.36. The minimum Gasteiger partial charge on any atom is -0.368 e. The van der Waals surface area contributed by atoms with Crippen LogP contribution in [0.15, 0.2) is 0 Å². The Balaban J connectivity index is 0.00000289. The third kappa shape index (κ3) is 5.69. The second kappa shape index (κ2) is 8.32. The van der Waals surface area contributed by atoms with Crippen LogP contribution in [-0.4, -0.2) is 41.9 Å². The highest BCUT2D eigenvalue weighted by atomic mass is 35.5. The molecule has 1 saturated heterocycles. The number of primary amides is 1. The fourth-order valence-electron chi connectivity index (χ4n) is 2.17. The monoisotopic (exact) mass is 277 g/mol. The normalized spacial score (nSPS) is 18.5. The average molecular weight is 278 g/mol. The number of hydrogen-bond donors (Lipinski definition) is 2. The molecule has 0 spiro atoms. The van der Waals surface area contributed by atoms with E-state index in [0.29, 0.717) is 12.5 Å². The summed E-state index contributed by atoms with van der Waals surface area (Å²) in [4.78, 5) is 24.4. The van der Waals surface area contributed by atoms with Crippen molar-refractivity contribution in [2.45, 2.75) is 51.6 Å². The van der Waals surface area contributed by atoms with Crippen LogP contribution in [-0.2, 0) is 9.59 Å². The molecule has 1 unspecified atom stereocenters. The zero-order valence-corrected chi connectivity index (χ0v) is 12.0. The van der Waals surface area contributed by atoms with Crippen molar-refractivity contribution in [3.05, 3.63) is 0 Å². The smallest absolute Gasteiger partial charge is 0.237 e. The maximum absolute atomic E-state index is 12.0. The largest absolute Gasteiger partial charge is 0.368 e. The van der Waals surface area contributed by atoms with Crippen molar-refractivity contribution in [1.82, 2.24) is 10.2 Å². The fourth-order valence-corrected chi connectivity index (χ4v) is 2.17. The van der Waals surface area contributed by atoms with Gasteiger partial charge in [-0.15, -0.1) is 12.4 Å². The Bertz CT molecular complexity index is 278. The summed E-state index contributed by atoms with van der Waals surface area (Å²) in [5.74, 6) is -0.432. The van der Waals surface area contributed by atoms with Gasteiger partial charge in [0.05, 0.1) is 6.54 Å². The van der Waals surface area contributed by atoms with E-state index in [2.05, 4.69) is 5.32 Å². The van der Waals surface area contributed by atoms with E-state index in [0.717, 1.165) is 19.4 Å². The molecule has 1 atom stereocenters. The molecule has 0 saturated carbocycles. The van der Waals surface area contributed by atoms with Gasteiger partial charge >= 0.3 is 0 Å². The minimum atomic E-state index is -0.453. The summed E-state index contributed by atoms with van der Waals surface area (Å²) >= 11 is 0. The molecule has 0 aliphatic carbocycles. The van der Waals surface area contributed by atoms with Crippen LogP contribution in [0.25, 0.3) is 0 Å². The van der Waals surface area contributed by atoms with Crippen molar-refractivity contribution in [3.8, 4) is 0 Å². The average Bonchev–Trinajstić information content (AvgIpc) is 2.74. The van der Waals surface area contributed by atoms with E-state index >= 15 is 0 Å². The highest BCUT2D eigenvalue weighted by Crippen LogP contribution is 2.12. The van der Waals surface area contributed by atoms with Gasteiger partial charge in [-0.05, 0) is 39.7 Å². The maximum Gasteiger partial charge on any atom is 0.237 e. The summed E-state index contributed by atoms with van der Waals surface area (Å²) in [6.07, 6.45) is 3.67. The predicted molar refractivity (Wildman–Crippen MR) is 73.6 cm³/mol. The van der Waals surface area contributed by atoms with Crippen LogP contribution in [0.3, 0.4) is 0 Å². The predicted octanol–water partition coefficient (Wildman–Crippen LogP) is 0.663. The molecule has 106 valence electrons. The van der Waals surface area contributed by atoms with Crippen LogP contribution in [0.1, 0.15) is 39.5 Å². The van der Waals surface area contributed by atoms with Gasteiger partial charge in [0.25, 0.3) is 0 Å². The third-order valence-corrected chi connectivity index (χ3v) is 3.14. The number of carbonyl (C=O) groups is 2. The molecule has 0 aromatic carbocycles. The maximum atomic E-state index is 12.0. The minimum absolute atomic E-state index is 0. The Hall–Kier alpha value is -0.810. The zero-order valence-electron chi connectivity index (χ0n) is 11.1. The van der Waals surface area contributed by atoms with Gasteiger partial charge in [0.1, 0.15) is 0 Å². The van der Waals surface area contributed by atoms with Gasteiger partial charge in [-0.3, -0.25) is 9.59 Å². The number of nitrogens with one attached hydrogen (secondary N) is 1. The standard InChI is InChI=1S/C12H23N3O2.ClH/c1-9(2)15(8-11(13)16)12(17)6-5-10-4-3-7-14-10;/h9-10,14H,3-8H2,1-2H3,(H2,13,16);1H. The fraction of sp³-hybridized carbons (Fsp3) is 0.833. The number of halogens is 1. The lowest BCUT2D eigenvalue weighted by atomic mass is 10.1. The van der Waals surface area contributed by atoms with Crippen LogP contribution in [0.5, 0.6) is 0 Å². The van der Waals surface area contributed by atoms with E-state index in [4.69, 9.17) is 5.73 Å². The van der Waals surface area contributed by atoms with Crippen LogP contribution in [0.4, 0.5) is 0 Å². The van der Waals surface area contributed by atoms with Crippen molar-refractivity contribution in [3.63, 3.8) is 0 Å². The number of nitrogens with two attached hydrogens (primary N) is 1. The first-order valence-electron chi connectivity index (χ1n) is 6.32. The zero-order chi connectivity index (χ0) is 12.8. The van der Waals surface area contributed by atoms with Crippen LogP contribution in [0, 0.1) is 0 Å². The molecule has 0 aromatic heterocycles. The van der Waals surface area contributed by atoms with Gasteiger partial charge in [-0.2, -0.15) is 0 Å². The number of carbonyl (C=O) groups excluding carboxylic acids is 2. The van der Waals surface area contributed by atoms with Gasteiger partial charge in [-0.1, -0.05) is 0 Å². The molecule has 1 heterocycles. The first-order chi connectivity index (χ1) is 8.00. The van der Waals surface area contributed by atoms with Gasteiger partial charge in [0.15, 0.2) is 0 Å². The number of rotatable bonds is 6. The molecule has 1 aliphatic rings. The molecule has 3 N–H and O–H groups in total. The summed E-state index contributed by atoms with van der Waals surface area (Å²) in [7, 11) is 0. The Morgan fingerprint density at radius 1 is 1.44 bits per heavy atom. The van der Waals surface area contributed by atoms with E-state index < -0.39 is 5.91 Å². The van der Waals surface area contributed by atoms with Crippen LogP contribution in [0.2, 0.25) is 0 Å². The van der Waals surface area contributed by atoms with Gasteiger partial charge < -0.3 is 16.0 Å². The van der Waals surface area contributed by atoms with E-state index in [1.165, 1.54) is 6.42 Å². The summed E-state index contributed by atoms with van der Waals surface area (Å²) < 4.78 is 0. The Labute approximate surface area is 115 Å². The van der Waals surface area contributed by atoms with Crippen molar-refractivity contribution in [1.29, 1.82) is 0 Å². The Morgan fingerprint density at radius 2 is 2.11 bits per heavy atom. The molecule has 0 radical (unpaired) electrons. The Kier molecular flexibility index (Phi) is 7.95. The van der Waals surface area contributed by atoms with Crippen LogP contribution >= 0.6 is 12.4 Å². The molecule has 5 nitrogen and oxygen atoms in total.